The highest BCUT2D eigenvalue weighted by molar-refractivity contribution is 9.10. The molecule has 0 bridgehead atoms. The van der Waals surface area contributed by atoms with Crippen LogP contribution in [0.2, 0.25) is 0 Å². The molecule has 0 saturated carbocycles. The molecule has 3 aromatic rings. The molecule has 0 amide bonds. The first kappa shape index (κ1) is 9.59. The van der Waals surface area contributed by atoms with Gasteiger partial charge >= 0.3 is 0 Å². The molecule has 0 spiro atoms. The third-order valence-electron chi connectivity index (χ3n) is 2.77. The minimum atomic E-state index is -0.160. The Morgan fingerprint density at radius 3 is 3.06 bits per heavy atom. The smallest absolute Gasteiger partial charge is 0.288 e. The zero-order valence-electron chi connectivity index (χ0n) is 8.49. The lowest BCUT2D eigenvalue weighted by molar-refractivity contribution is 0.929. The van der Waals surface area contributed by atoms with Crippen molar-refractivity contribution in [3.8, 4) is 0 Å². The van der Waals surface area contributed by atoms with Crippen LogP contribution in [0.5, 0.6) is 0 Å². The molecule has 3 rings (SSSR count). The Labute approximate surface area is 99.0 Å². The summed E-state index contributed by atoms with van der Waals surface area (Å²) < 4.78 is 2.82. The summed E-state index contributed by atoms with van der Waals surface area (Å²) in [6, 6.07) is 5.94. The van der Waals surface area contributed by atoms with Crippen molar-refractivity contribution in [2.24, 2.45) is 0 Å². The Balaban J connectivity index is 2.70. The summed E-state index contributed by atoms with van der Waals surface area (Å²) in [5.74, 6) is 0. The molecule has 0 radical (unpaired) electrons. The van der Waals surface area contributed by atoms with E-state index in [0.717, 1.165) is 20.9 Å². The third-order valence-corrected chi connectivity index (χ3v) is 3.27. The maximum Gasteiger partial charge on any atom is 0.288 e. The molecule has 5 heteroatoms. The minimum absolute atomic E-state index is 0.160. The number of fused-ring (bicyclic) bond motifs is 3. The Bertz CT molecular complexity index is 757. The predicted molar refractivity (Wildman–Crippen MR) is 65.8 cm³/mol. The van der Waals surface area contributed by atoms with Gasteiger partial charge in [-0.2, -0.15) is 5.10 Å². The second-order valence-corrected chi connectivity index (χ2v) is 4.61. The number of halogens is 1. The van der Waals surface area contributed by atoms with Crippen molar-refractivity contribution >= 4 is 32.3 Å². The van der Waals surface area contributed by atoms with Gasteiger partial charge in [0.1, 0.15) is 11.8 Å². The first-order valence-electron chi connectivity index (χ1n) is 4.82. The van der Waals surface area contributed by atoms with Crippen LogP contribution in [-0.4, -0.2) is 14.6 Å². The molecule has 0 fully saturated rings. The molecule has 4 nitrogen and oxygen atoms in total. The zero-order valence-corrected chi connectivity index (χ0v) is 10.1. The van der Waals surface area contributed by atoms with E-state index < -0.39 is 0 Å². The second kappa shape index (κ2) is 3.18. The van der Waals surface area contributed by atoms with Crippen molar-refractivity contribution in [2.75, 3.05) is 0 Å². The highest BCUT2D eigenvalue weighted by atomic mass is 79.9. The number of benzene rings is 1. The van der Waals surface area contributed by atoms with E-state index >= 15 is 0 Å². The highest BCUT2D eigenvalue weighted by Crippen LogP contribution is 2.26. The van der Waals surface area contributed by atoms with Crippen molar-refractivity contribution in [1.29, 1.82) is 0 Å². The normalized spacial score (nSPS) is 11.4. The molecule has 0 saturated heterocycles. The molecule has 0 aliphatic rings. The summed E-state index contributed by atoms with van der Waals surface area (Å²) in [5, 5.41) is 7.33. The maximum atomic E-state index is 11.7. The number of hydrogen-bond acceptors (Lipinski definition) is 2. The van der Waals surface area contributed by atoms with Crippen molar-refractivity contribution in [2.45, 2.75) is 6.92 Å². The van der Waals surface area contributed by atoms with Gasteiger partial charge in [0.2, 0.25) is 0 Å². The number of aryl methyl sites for hydroxylation is 1. The summed E-state index contributed by atoms with van der Waals surface area (Å²) in [6.45, 7) is 1.94. The van der Waals surface area contributed by atoms with Crippen LogP contribution in [0.25, 0.3) is 16.4 Å². The van der Waals surface area contributed by atoms with E-state index in [9.17, 15) is 4.79 Å². The van der Waals surface area contributed by atoms with Crippen LogP contribution in [0.1, 0.15) is 5.56 Å². The zero-order chi connectivity index (χ0) is 11.3. The predicted octanol–water partition coefficient (Wildman–Crippen LogP) is 2.25. The number of aromatic nitrogens is 3. The monoisotopic (exact) mass is 277 g/mol. The number of hydrogen-bond donors (Lipinski definition) is 1. The van der Waals surface area contributed by atoms with Gasteiger partial charge in [-0.05, 0) is 30.7 Å². The van der Waals surface area contributed by atoms with E-state index in [2.05, 4.69) is 26.1 Å². The lowest BCUT2D eigenvalue weighted by Crippen LogP contribution is -2.11. The van der Waals surface area contributed by atoms with Gasteiger partial charge in [-0.15, -0.1) is 0 Å². The number of nitrogens with one attached hydrogen (secondary N) is 1. The van der Waals surface area contributed by atoms with Gasteiger partial charge < -0.3 is 0 Å². The maximum absolute atomic E-state index is 11.7. The molecule has 0 aliphatic heterocycles. The van der Waals surface area contributed by atoms with Crippen LogP contribution in [-0.2, 0) is 0 Å². The molecule has 0 atom stereocenters. The van der Waals surface area contributed by atoms with Gasteiger partial charge in [0.15, 0.2) is 0 Å². The van der Waals surface area contributed by atoms with Crippen LogP contribution >= 0.6 is 15.9 Å². The van der Waals surface area contributed by atoms with Gasteiger partial charge in [0.05, 0.1) is 5.52 Å². The van der Waals surface area contributed by atoms with E-state index in [1.54, 1.807) is 6.33 Å². The van der Waals surface area contributed by atoms with Gasteiger partial charge in [0, 0.05) is 9.86 Å². The van der Waals surface area contributed by atoms with Crippen LogP contribution in [0.15, 0.2) is 33.8 Å². The Morgan fingerprint density at radius 2 is 2.25 bits per heavy atom. The summed E-state index contributed by atoms with van der Waals surface area (Å²) >= 11 is 3.43. The van der Waals surface area contributed by atoms with Crippen molar-refractivity contribution in [1.82, 2.24) is 14.6 Å². The largest absolute Gasteiger partial charge is 0.294 e. The van der Waals surface area contributed by atoms with E-state index in [1.807, 2.05) is 29.5 Å². The fraction of sp³-hybridized carbons (Fsp3) is 0.0909. The summed E-state index contributed by atoms with van der Waals surface area (Å²) in [6.07, 6.45) is 1.62. The summed E-state index contributed by atoms with van der Waals surface area (Å²) in [4.78, 5) is 11.7. The molecule has 80 valence electrons. The van der Waals surface area contributed by atoms with Gasteiger partial charge in [-0.1, -0.05) is 15.9 Å². The second-order valence-electron chi connectivity index (χ2n) is 3.69. The van der Waals surface area contributed by atoms with Crippen molar-refractivity contribution in [3.05, 3.63) is 44.9 Å². The van der Waals surface area contributed by atoms with Crippen molar-refractivity contribution < 1.29 is 0 Å². The quantitative estimate of drug-likeness (QED) is 0.685. The highest BCUT2D eigenvalue weighted by Gasteiger charge is 2.11. The molecule has 2 heterocycles. The summed E-state index contributed by atoms with van der Waals surface area (Å²) in [7, 11) is 0. The molecular formula is C11H8BrN3O. The number of nitrogens with zero attached hydrogens (tertiary/aromatic N) is 2. The van der Waals surface area contributed by atoms with Crippen molar-refractivity contribution in [3.63, 3.8) is 0 Å². The fourth-order valence-electron chi connectivity index (χ4n) is 2.05. The van der Waals surface area contributed by atoms with Crippen LogP contribution in [0.3, 0.4) is 0 Å². The molecule has 0 unspecified atom stereocenters. The van der Waals surface area contributed by atoms with Gasteiger partial charge in [-0.3, -0.25) is 9.20 Å². The molecule has 0 aliphatic carbocycles. The average Bonchev–Trinajstić information content (AvgIpc) is 2.54. The fourth-order valence-corrected chi connectivity index (χ4v) is 2.41. The Kier molecular flexibility index (Phi) is 1.91. The molecule has 16 heavy (non-hydrogen) atoms. The SMILES string of the molecule is Cc1c2cc(Br)ccc2n2cn[nH]c(=O)c12. The summed E-state index contributed by atoms with van der Waals surface area (Å²) in [5.41, 5.74) is 2.46. The standard InChI is InChI=1S/C11H8BrN3O/c1-6-8-4-7(12)2-3-9(8)15-5-13-14-11(16)10(6)15/h2-5H,1H3,(H,14,16). The van der Waals surface area contributed by atoms with Crippen LogP contribution < -0.4 is 5.56 Å². The topological polar surface area (TPSA) is 50.2 Å². The number of H-pyrrole nitrogens is 1. The molecule has 1 N–H and O–H groups in total. The van der Waals surface area contributed by atoms with Crippen LogP contribution in [0.4, 0.5) is 0 Å². The molecule has 2 aromatic heterocycles. The van der Waals surface area contributed by atoms with E-state index in [0.29, 0.717) is 5.52 Å². The Morgan fingerprint density at radius 1 is 1.44 bits per heavy atom. The van der Waals surface area contributed by atoms with E-state index in [1.165, 1.54) is 0 Å². The third kappa shape index (κ3) is 1.15. The van der Waals surface area contributed by atoms with E-state index in [4.69, 9.17) is 0 Å². The number of rotatable bonds is 0. The van der Waals surface area contributed by atoms with Gasteiger partial charge in [-0.25, -0.2) is 5.10 Å². The first-order chi connectivity index (χ1) is 7.68. The lowest BCUT2D eigenvalue weighted by atomic mass is 10.2. The lowest BCUT2D eigenvalue weighted by Gasteiger charge is -1.94. The van der Waals surface area contributed by atoms with E-state index in [-0.39, 0.29) is 5.56 Å². The first-order valence-corrected chi connectivity index (χ1v) is 5.61. The minimum Gasteiger partial charge on any atom is -0.294 e. The average molecular weight is 278 g/mol. The van der Waals surface area contributed by atoms with Gasteiger partial charge in [0.25, 0.3) is 5.56 Å². The number of aromatic amines is 1. The molecular weight excluding hydrogens is 270 g/mol. The van der Waals surface area contributed by atoms with Crippen LogP contribution in [0, 0.1) is 6.92 Å². The Hall–Kier alpha value is -1.62. The molecule has 1 aromatic carbocycles.